The zero-order valence-corrected chi connectivity index (χ0v) is 16.1. The van der Waals surface area contributed by atoms with Crippen LogP contribution >= 0.6 is 0 Å². The summed E-state index contributed by atoms with van der Waals surface area (Å²) in [5, 5.41) is 14.5. The molecule has 0 fully saturated rings. The van der Waals surface area contributed by atoms with E-state index >= 15 is 0 Å². The smallest absolute Gasteiger partial charge is 0.273 e. The number of nitrogens with zero attached hydrogens (tertiary/aromatic N) is 3. The highest BCUT2D eigenvalue weighted by atomic mass is 16.2. The van der Waals surface area contributed by atoms with Gasteiger partial charge in [-0.3, -0.25) is 4.79 Å². The van der Waals surface area contributed by atoms with E-state index in [0.29, 0.717) is 23.4 Å². The minimum absolute atomic E-state index is 0.365. The Morgan fingerprint density at radius 2 is 1.80 bits per heavy atom. The van der Waals surface area contributed by atoms with Gasteiger partial charge in [0.05, 0.1) is 23.4 Å². The molecule has 3 N–H and O–H groups in total. The molecule has 6 nitrogen and oxygen atoms in total. The van der Waals surface area contributed by atoms with Crippen molar-refractivity contribution in [3.8, 4) is 6.07 Å². The number of amides is 1. The van der Waals surface area contributed by atoms with Crippen LogP contribution in [-0.4, -0.2) is 16.7 Å². The molecule has 30 heavy (non-hydrogen) atoms. The van der Waals surface area contributed by atoms with Gasteiger partial charge in [0, 0.05) is 34.9 Å². The standard InChI is InChI=1S/C24H19N5O/c25-13-17-7-1-2-8-18(17)15-29-16-19(20-9-4-6-12-23(20)29)14-27-28-24(30)21-10-3-5-11-22(21)26/h1-12,14,16H,15,26H2,(H,28,30)/b27-14-. The van der Waals surface area contributed by atoms with E-state index in [-0.39, 0.29) is 5.91 Å². The summed E-state index contributed by atoms with van der Waals surface area (Å²) in [6.45, 7) is 0.561. The molecule has 4 rings (SSSR count). The van der Waals surface area contributed by atoms with Crippen LogP contribution in [0.3, 0.4) is 0 Å². The van der Waals surface area contributed by atoms with E-state index in [4.69, 9.17) is 5.73 Å². The normalized spacial score (nSPS) is 10.9. The molecule has 0 aliphatic carbocycles. The average molecular weight is 393 g/mol. The van der Waals surface area contributed by atoms with Crippen molar-refractivity contribution in [2.45, 2.75) is 6.54 Å². The lowest BCUT2D eigenvalue weighted by Gasteiger charge is -2.07. The second-order valence-corrected chi connectivity index (χ2v) is 6.78. The summed E-state index contributed by atoms with van der Waals surface area (Å²) in [6, 6.07) is 24.6. The van der Waals surface area contributed by atoms with Gasteiger partial charge in [0.2, 0.25) is 0 Å². The predicted molar refractivity (Wildman–Crippen MR) is 118 cm³/mol. The van der Waals surface area contributed by atoms with Gasteiger partial charge < -0.3 is 10.3 Å². The first-order valence-corrected chi connectivity index (χ1v) is 9.41. The molecule has 146 valence electrons. The summed E-state index contributed by atoms with van der Waals surface area (Å²) in [6.07, 6.45) is 3.58. The van der Waals surface area contributed by atoms with Crippen LogP contribution < -0.4 is 11.2 Å². The number of fused-ring (bicyclic) bond motifs is 1. The molecule has 1 heterocycles. The third-order valence-corrected chi connectivity index (χ3v) is 4.87. The van der Waals surface area contributed by atoms with Crippen LogP contribution in [0.2, 0.25) is 0 Å². The van der Waals surface area contributed by atoms with E-state index in [1.807, 2.05) is 54.7 Å². The Morgan fingerprint density at radius 1 is 1.07 bits per heavy atom. The number of benzene rings is 3. The quantitative estimate of drug-likeness (QED) is 0.306. The highest BCUT2D eigenvalue weighted by Gasteiger charge is 2.10. The number of hydrogen-bond donors (Lipinski definition) is 2. The van der Waals surface area contributed by atoms with Crippen LogP contribution in [0.1, 0.15) is 27.0 Å². The zero-order chi connectivity index (χ0) is 20.9. The van der Waals surface area contributed by atoms with Crippen LogP contribution in [-0.2, 0) is 6.54 Å². The Morgan fingerprint density at radius 3 is 2.63 bits per heavy atom. The van der Waals surface area contributed by atoms with Crippen molar-refractivity contribution in [1.82, 2.24) is 9.99 Å². The number of rotatable bonds is 5. The van der Waals surface area contributed by atoms with Gasteiger partial charge in [0.1, 0.15) is 0 Å². The lowest BCUT2D eigenvalue weighted by molar-refractivity contribution is 0.0956. The fraction of sp³-hybridized carbons (Fsp3) is 0.0417. The van der Waals surface area contributed by atoms with Crippen molar-refractivity contribution in [2.75, 3.05) is 5.73 Å². The monoisotopic (exact) mass is 393 g/mol. The maximum absolute atomic E-state index is 12.3. The molecule has 1 amide bonds. The Labute approximate surface area is 173 Å². The third-order valence-electron chi connectivity index (χ3n) is 4.87. The number of anilines is 1. The number of carbonyl (C=O) groups is 1. The van der Waals surface area contributed by atoms with Gasteiger partial charge in [-0.25, -0.2) is 5.43 Å². The molecule has 0 atom stereocenters. The largest absolute Gasteiger partial charge is 0.398 e. The first-order chi connectivity index (χ1) is 14.7. The first-order valence-electron chi connectivity index (χ1n) is 9.41. The Bertz CT molecular complexity index is 1300. The number of aromatic nitrogens is 1. The van der Waals surface area contributed by atoms with Crippen molar-refractivity contribution in [1.29, 1.82) is 5.26 Å². The predicted octanol–water partition coefficient (Wildman–Crippen LogP) is 3.91. The number of hydrazone groups is 1. The number of para-hydroxylation sites is 2. The van der Waals surface area contributed by atoms with E-state index in [2.05, 4.69) is 21.2 Å². The molecule has 0 aliphatic heterocycles. The SMILES string of the molecule is N#Cc1ccccc1Cn1cc(/C=N\NC(=O)c2ccccc2N)c2ccccc21. The molecule has 0 saturated heterocycles. The van der Waals surface area contributed by atoms with Gasteiger partial charge in [-0.15, -0.1) is 0 Å². The molecule has 0 bridgehead atoms. The molecule has 4 aromatic rings. The molecule has 0 unspecified atom stereocenters. The molecular formula is C24H19N5O. The summed E-state index contributed by atoms with van der Waals surface area (Å²) in [7, 11) is 0. The summed E-state index contributed by atoms with van der Waals surface area (Å²) >= 11 is 0. The van der Waals surface area contributed by atoms with E-state index in [1.54, 1.807) is 30.5 Å². The molecule has 6 heteroatoms. The minimum atomic E-state index is -0.365. The fourth-order valence-corrected chi connectivity index (χ4v) is 3.38. The molecule has 0 radical (unpaired) electrons. The lowest BCUT2D eigenvalue weighted by atomic mass is 10.1. The van der Waals surface area contributed by atoms with Crippen LogP contribution in [0.25, 0.3) is 10.9 Å². The Kier molecular flexibility index (Phi) is 5.27. The van der Waals surface area contributed by atoms with Crippen LogP contribution in [0.5, 0.6) is 0 Å². The first kappa shape index (κ1) is 19.0. The fourth-order valence-electron chi connectivity index (χ4n) is 3.38. The van der Waals surface area contributed by atoms with Gasteiger partial charge in [-0.1, -0.05) is 48.5 Å². The summed E-state index contributed by atoms with van der Waals surface area (Å²) in [5.74, 6) is -0.365. The van der Waals surface area contributed by atoms with Crippen LogP contribution in [0.4, 0.5) is 5.69 Å². The number of nitrogens with two attached hydrogens (primary N) is 1. The van der Waals surface area contributed by atoms with E-state index in [9.17, 15) is 10.1 Å². The average Bonchev–Trinajstić information content (AvgIpc) is 3.12. The molecule has 1 aromatic heterocycles. The van der Waals surface area contributed by atoms with Crippen molar-refractivity contribution >= 4 is 28.7 Å². The molecular weight excluding hydrogens is 374 g/mol. The highest BCUT2D eigenvalue weighted by Crippen LogP contribution is 2.22. The molecule has 3 aromatic carbocycles. The number of hydrogen-bond acceptors (Lipinski definition) is 4. The van der Waals surface area contributed by atoms with E-state index in [0.717, 1.165) is 22.0 Å². The van der Waals surface area contributed by atoms with Crippen molar-refractivity contribution in [2.24, 2.45) is 5.10 Å². The Hall–Kier alpha value is -4.37. The number of nitrogen functional groups attached to an aromatic ring is 1. The van der Waals surface area contributed by atoms with Gasteiger partial charge in [-0.2, -0.15) is 10.4 Å². The summed E-state index contributed by atoms with van der Waals surface area (Å²) in [4.78, 5) is 12.3. The van der Waals surface area contributed by atoms with E-state index in [1.165, 1.54) is 0 Å². The molecule has 0 saturated carbocycles. The Balaban J connectivity index is 1.61. The van der Waals surface area contributed by atoms with Gasteiger partial charge >= 0.3 is 0 Å². The second kappa shape index (κ2) is 8.33. The molecule has 0 aliphatic rings. The third kappa shape index (κ3) is 3.77. The van der Waals surface area contributed by atoms with Crippen LogP contribution in [0, 0.1) is 11.3 Å². The van der Waals surface area contributed by atoms with Crippen molar-refractivity contribution in [3.63, 3.8) is 0 Å². The van der Waals surface area contributed by atoms with Crippen molar-refractivity contribution in [3.05, 3.63) is 101 Å². The van der Waals surface area contributed by atoms with Crippen LogP contribution in [0.15, 0.2) is 84.1 Å². The maximum Gasteiger partial charge on any atom is 0.273 e. The second-order valence-electron chi connectivity index (χ2n) is 6.78. The maximum atomic E-state index is 12.3. The molecule has 0 spiro atoms. The number of carbonyl (C=O) groups excluding carboxylic acids is 1. The number of nitriles is 1. The minimum Gasteiger partial charge on any atom is -0.398 e. The highest BCUT2D eigenvalue weighted by molar-refractivity contribution is 6.02. The topological polar surface area (TPSA) is 96.2 Å². The van der Waals surface area contributed by atoms with Gasteiger partial charge in [-0.05, 0) is 29.8 Å². The van der Waals surface area contributed by atoms with Crippen molar-refractivity contribution < 1.29 is 4.79 Å². The lowest BCUT2D eigenvalue weighted by Crippen LogP contribution is -2.18. The summed E-state index contributed by atoms with van der Waals surface area (Å²) < 4.78 is 2.07. The van der Waals surface area contributed by atoms with E-state index < -0.39 is 0 Å². The summed E-state index contributed by atoms with van der Waals surface area (Å²) in [5.41, 5.74) is 12.6. The van der Waals surface area contributed by atoms with Gasteiger partial charge in [0.25, 0.3) is 5.91 Å². The number of nitrogens with one attached hydrogen (secondary N) is 1. The zero-order valence-electron chi connectivity index (χ0n) is 16.1. The van der Waals surface area contributed by atoms with Gasteiger partial charge in [0.15, 0.2) is 0 Å².